The van der Waals surface area contributed by atoms with Gasteiger partial charge in [0.05, 0.1) is 0 Å². The predicted octanol–water partition coefficient (Wildman–Crippen LogP) is 1.20. The van der Waals surface area contributed by atoms with E-state index in [0.29, 0.717) is 12.2 Å². The molecule has 10 heteroatoms. The van der Waals surface area contributed by atoms with Crippen LogP contribution in [0.15, 0.2) is 10.7 Å². The van der Waals surface area contributed by atoms with Crippen molar-refractivity contribution in [2.24, 2.45) is 10.7 Å². The molecule has 1 rings (SSSR count). The molecule has 1 heterocycles. The second kappa shape index (κ2) is 15.6. The van der Waals surface area contributed by atoms with Crippen molar-refractivity contribution >= 4 is 0 Å². The van der Waals surface area contributed by atoms with Gasteiger partial charge in [-0.25, -0.2) is 0 Å². The minimum absolute atomic E-state index is 0.458. The van der Waals surface area contributed by atoms with Crippen molar-refractivity contribution < 1.29 is 61.7 Å². The van der Waals surface area contributed by atoms with E-state index in [-0.39, 0.29) is 0 Å². The van der Waals surface area contributed by atoms with Crippen LogP contribution in [0.5, 0.6) is 0 Å². The monoisotopic (exact) mass is 610 g/mol. The molecule has 1 saturated heterocycles. The molecule has 0 aliphatic carbocycles. The fraction of sp³-hybridized carbons (Fsp3) is 1.00. The van der Waals surface area contributed by atoms with E-state index in [2.05, 4.69) is 0 Å². The fourth-order valence-electron chi connectivity index (χ4n) is 0.916. The van der Waals surface area contributed by atoms with Gasteiger partial charge < -0.3 is 20.2 Å². The Labute approximate surface area is 125 Å². The zero-order chi connectivity index (χ0) is 12.8. The summed E-state index contributed by atoms with van der Waals surface area (Å²) in [5.74, 6) is 0. The van der Waals surface area contributed by atoms with Gasteiger partial charge in [-0.2, -0.15) is 0 Å². The van der Waals surface area contributed by atoms with Gasteiger partial charge in [-0.15, -0.1) is 10.7 Å². The van der Waals surface area contributed by atoms with Crippen LogP contribution in [0, 0.1) is 20.2 Å². The molecule has 2 atom stereocenters. The average Bonchev–Trinajstić information content (AvgIpc) is 2.31. The van der Waals surface area contributed by atoms with Crippen LogP contribution in [-0.2, 0) is 61.7 Å². The molecule has 0 aromatic heterocycles. The predicted molar refractivity (Wildman–Crippen MR) is 47.4 cm³/mol. The first-order valence-electron chi connectivity index (χ1n) is 4.41. The van der Waals surface area contributed by atoms with Gasteiger partial charge >= 0.3 is 95.0 Å². The molecule has 1 fully saturated rings. The summed E-state index contributed by atoms with van der Waals surface area (Å²) in [5.41, 5.74) is 0. The Hall–Kier alpha value is 0.590. The second-order valence-electron chi connectivity index (χ2n) is 2.64. The molecule has 0 spiro atoms. The summed E-state index contributed by atoms with van der Waals surface area (Å²) in [6.07, 6.45) is 0.916. The molecule has 0 amide bonds. The van der Waals surface area contributed by atoms with Crippen molar-refractivity contribution in [3.05, 3.63) is 20.2 Å². The molecular weight excluding hydrogens is 597 g/mol. The van der Waals surface area contributed by atoms with E-state index in [1.54, 1.807) is 0 Å². The summed E-state index contributed by atoms with van der Waals surface area (Å²) in [6.45, 7) is 1.73. The standard InChI is InChI=1S/C6H10O2.2Hg.2HNO2/c1-5-3-8-6(2)4-7-5;;;2*2-1-3/h5-6H,1-4H2;;;2*(H,2,3)/p-2. The normalized spacial score (nSPS) is 23.0. The average molecular weight is 607 g/mol. The van der Waals surface area contributed by atoms with E-state index in [4.69, 9.17) is 29.7 Å². The van der Waals surface area contributed by atoms with Crippen LogP contribution in [0.2, 0.25) is 7.86 Å². The van der Waals surface area contributed by atoms with E-state index in [0.717, 1.165) is 76.1 Å². The molecule has 86 valence electrons. The summed E-state index contributed by atoms with van der Waals surface area (Å²) in [5, 5.41) is 18.0. The van der Waals surface area contributed by atoms with Crippen LogP contribution in [0.3, 0.4) is 0 Å². The van der Waals surface area contributed by atoms with Gasteiger partial charge in [0.25, 0.3) is 0 Å². The SMILES string of the molecule is O=N[O-].O=N[O-].[Hg][CH2]C1COC([CH2][Hg])CO1. The molecular formula is C6H10Hg2N2O6-2. The van der Waals surface area contributed by atoms with Gasteiger partial charge in [0, 0.05) is 0 Å². The Morgan fingerprint density at radius 3 is 1.38 bits per heavy atom. The first-order valence-corrected chi connectivity index (χ1v) is 12.2. The third-order valence-corrected chi connectivity index (χ3v) is 6.69. The Kier molecular flexibility index (Phi) is 18.5. The van der Waals surface area contributed by atoms with Gasteiger partial charge in [0.2, 0.25) is 0 Å². The van der Waals surface area contributed by atoms with E-state index in [1.807, 2.05) is 0 Å². The number of hydrogen-bond acceptors (Lipinski definition) is 8. The Morgan fingerprint density at radius 2 is 1.25 bits per heavy atom. The molecule has 0 N–H and O–H groups in total. The van der Waals surface area contributed by atoms with Crippen LogP contribution < -0.4 is 0 Å². The third-order valence-electron chi connectivity index (χ3n) is 1.68. The summed E-state index contributed by atoms with van der Waals surface area (Å²) in [7, 11) is 0. The second-order valence-corrected chi connectivity index (χ2v) is 7.13. The first-order chi connectivity index (χ1) is 7.69. The van der Waals surface area contributed by atoms with Crippen LogP contribution in [-0.4, -0.2) is 25.4 Å². The van der Waals surface area contributed by atoms with Crippen molar-refractivity contribution in [2.75, 3.05) is 13.2 Å². The van der Waals surface area contributed by atoms with E-state index < -0.39 is 0 Å². The Balaban J connectivity index is 0. The summed E-state index contributed by atoms with van der Waals surface area (Å²) >= 11 is 1.74. The third kappa shape index (κ3) is 12.7. The van der Waals surface area contributed by atoms with Crippen LogP contribution in [0.4, 0.5) is 0 Å². The number of rotatable bonds is 2. The Bertz CT molecular complexity index is 149. The summed E-state index contributed by atoms with van der Waals surface area (Å²) < 4.78 is 13.7. The van der Waals surface area contributed by atoms with Crippen LogP contribution in [0.25, 0.3) is 0 Å². The van der Waals surface area contributed by atoms with Crippen molar-refractivity contribution in [3.8, 4) is 0 Å². The van der Waals surface area contributed by atoms with Crippen molar-refractivity contribution in [3.63, 3.8) is 0 Å². The number of nitrogens with zero attached hydrogens (tertiary/aromatic N) is 2. The Morgan fingerprint density at radius 1 is 1.00 bits per heavy atom. The number of hydrogen-bond donors (Lipinski definition) is 0. The maximum atomic E-state index is 8.00. The van der Waals surface area contributed by atoms with Crippen molar-refractivity contribution in [1.82, 2.24) is 0 Å². The minimum atomic E-state index is 0.458. The van der Waals surface area contributed by atoms with Crippen molar-refractivity contribution in [1.29, 1.82) is 0 Å². The van der Waals surface area contributed by atoms with E-state index in [1.165, 1.54) is 7.86 Å². The van der Waals surface area contributed by atoms with Gasteiger partial charge in [-0.3, -0.25) is 0 Å². The van der Waals surface area contributed by atoms with Crippen LogP contribution in [0.1, 0.15) is 0 Å². The van der Waals surface area contributed by atoms with Gasteiger partial charge in [-0.1, -0.05) is 0 Å². The number of ether oxygens (including phenoxy) is 2. The van der Waals surface area contributed by atoms with Gasteiger partial charge in [0.1, 0.15) is 0 Å². The topological polar surface area (TPSA) is 123 Å². The molecule has 0 radical (unpaired) electrons. The molecule has 0 bridgehead atoms. The molecule has 2 unspecified atom stereocenters. The zero-order valence-electron chi connectivity index (χ0n) is 8.74. The van der Waals surface area contributed by atoms with E-state index in [9.17, 15) is 0 Å². The quantitative estimate of drug-likeness (QED) is 0.264. The molecule has 0 saturated carbocycles. The fourth-order valence-corrected chi connectivity index (χ4v) is 3.51. The summed E-state index contributed by atoms with van der Waals surface area (Å²) in [6, 6.07) is 0. The summed E-state index contributed by atoms with van der Waals surface area (Å²) in [4.78, 5) is 16.0. The molecule has 16 heavy (non-hydrogen) atoms. The molecule has 1 aliphatic heterocycles. The van der Waals surface area contributed by atoms with E-state index >= 15 is 0 Å². The zero-order valence-corrected chi connectivity index (χ0v) is 19.7. The molecule has 0 aromatic carbocycles. The van der Waals surface area contributed by atoms with Gasteiger partial charge in [-0.05, 0) is 0 Å². The first kappa shape index (κ1) is 18.9. The van der Waals surface area contributed by atoms with Crippen molar-refractivity contribution in [2.45, 2.75) is 20.1 Å². The molecule has 8 nitrogen and oxygen atoms in total. The molecule has 0 aromatic rings. The maximum absolute atomic E-state index is 8.00. The van der Waals surface area contributed by atoms with Gasteiger partial charge in [0.15, 0.2) is 0 Å². The van der Waals surface area contributed by atoms with Crippen LogP contribution >= 0.6 is 0 Å². The molecule has 1 aliphatic rings.